The van der Waals surface area contributed by atoms with Gasteiger partial charge in [-0.05, 0) is 32.0 Å². The van der Waals surface area contributed by atoms with E-state index in [2.05, 4.69) is 5.32 Å². The summed E-state index contributed by atoms with van der Waals surface area (Å²) in [5.41, 5.74) is 6.23. The lowest BCUT2D eigenvalue weighted by atomic mass is 10.0. The number of nitrogens with one attached hydrogen (secondary N) is 1. The lowest BCUT2D eigenvalue weighted by Crippen LogP contribution is -2.29. The molecule has 3 N–H and O–H groups in total. The predicted molar refractivity (Wildman–Crippen MR) is 70.2 cm³/mol. The molecule has 17 heavy (non-hydrogen) atoms. The Labute approximate surface area is 106 Å². The first-order valence-corrected chi connectivity index (χ1v) is 5.62. The molecule has 1 rings (SSSR count). The van der Waals surface area contributed by atoms with Gasteiger partial charge in [0.05, 0.1) is 23.4 Å². The van der Waals surface area contributed by atoms with Gasteiger partial charge in [0.15, 0.2) is 0 Å². The van der Waals surface area contributed by atoms with Crippen LogP contribution in [0.2, 0.25) is 5.02 Å². The number of hydrogen-bond acceptors (Lipinski definition) is 3. The van der Waals surface area contributed by atoms with Crippen LogP contribution in [-0.4, -0.2) is 18.6 Å². The maximum Gasteiger partial charge on any atom is 0.227 e. The molecule has 0 heterocycles. The molecule has 0 fully saturated rings. The average molecular weight is 257 g/mol. The van der Waals surface area contributed by atoms with Gasteiger partial charge in [0.25, 0.3) is 0 Å². The zero-order valence-electron chi connectivity index (χ0n) is 10.2. The van der Waals surface area contributed by atoms with Gasteiger partial charge in [-0.15, -0.1) is 0 Å². The normalized spacial score (nSPS) is 11.3. The van der Waals surface area contributed by atoms with Crippen LogP contribution < -0.4 is 11.1 Å². The summed E-state index contributed by atoms with van der Waals surface area (Å²) < 4.78 is 5.18. The third-order valence-corrected chi connectivity index (χ3v) is 2.66. The van der Waals surface area contributed by atoms with Crippen LogP contribution in [-0.2, 0) is 9.53 Å². The largest absolute Gasteiger partial charge is 0.397 e. The van der Waals surface area contributed by atoms with E-state index < -0.39 is 5.60 Å². The number of carbonyl (C=O) groups is 1. The summed E-state index contributed by atoms with van der Waals surface area (Å²) in [6.07, 6.45) is 0.245. The first-order valence-electron chi connectivity index (χ1n) is 5.24. The third-order valence-electron chi connectivity index (χ3n) is 2.43. The van der Waals surface area contributed by atoms with Gasteiger partial charge in [-0.1, -0.05) is 11.6 Å². The molecule has 0 aliphatic heterocycles. The van der Waals surface area contributed by atoms with Crippen molar-refractivity contribution < 1.29 is 9.53 Å². The molecular formula is C12H17ClN2O2. The molecule has 0 saturated heterocycles. The Hall–Kier alpha value is -1.26. The highest BCUT2D eigenvalue weighted by atomic mass is 35.5. The summed E-state index contributed by atoms with van der Waals surface area (Å²) in [6.45, 7) is 3.68. The van der Waals surface area contributed by atoms with E-state index in [1.54, 1.807) is 25.3 Å². The van der Waals surface area contributed by atoms with Crippen molar-refractivity contribution in [2.45, 2.75) is 25.9 Å². The highest BCUT2D eigenvalue weighted by Crippen LogP contribution is 2.24. The average Bonchev–Trinajstić information content (AvgIpc) is 2.23. The number of rotatable bonds is 4. The lowest BCUT2D eigenvalue weighted by Gasteiger charge is -2.22. The first kappa shape index (κ1) is 13.8. The Morgan fingerprint density at radius 1 is 1.53 bits per heavy atom. The molecule has 1 amide bonds. The third kappa shape index (κ3) is 4.24. The molecule has 0 bridgehead atoms. The van der Waals surface area contributed by atoms with Crippen LogP contribution >= 0.6 is 11.6 Å². The van der Waals surface area contributed by atoms with Crippen molar-refractivity contribution >= 4 is 28.9 Å². The predicted octanol–water partition coefficient (Wildman–Crippen LogP) is 2.68. The summed E-state index contributed by atoms with van der Waals surface area (Å²) in [4.78, 5) is 11.8. The number of halogens is 1. The van der Waals surface area contributed by atoms with Gasteiger partial charge in [-0.25, -0.2) is 0 Å². The lowest BCUT2D eigenvalue weighted by molar-refractivity contribution is -0.121. The number of hydrogen-bond donors (Lipinski definition) is 2. The molecule has 1 aromatic carbocycles. The zero-order chi connectivity index (χ0) is 13.1. The molecule has 94 valence electrons. The summed E-state index contributed by atoms with van der Waals surface area (Å²) >= 11 is 5.83. The Morgan fingerprint density at radius 3 is 2.76 bits per heavy atom. The molecule has 4 nitrogen and oxygen atoms in total. The van der Waals surface area contributed by atoms with Gasteiger partial charge in [-0.2, -0.15) is 0 Å². The Balaban J connectivity index is 2.71. The highest BCUT2D eigenvalue weighted by Gasteiger charge is 2.21. The quantitative estimate of drug-likeness (QED) is 0.814. The van der Waals surface area contributed by atoms with Gasteiger partial charge < -0.3 is 15.8 Å². The van der Waals surface area contributed by atoms with Gasteiger partial charge in [0.2, 0.25) is 5.91 Å². The number of nitrogen functional groups attached to an aromatic ring is 1. The standard InChI is InChI=1S/C12H17ClN2O2/c1-12(2,17-3)7-11(16)15-10-6-8(13)4-5-9(10)14/h4-6H,7,14H2,1-3H3,(H,15,16). The van der Waals surface area contributed by atoms with Crippen molar-refractivity contribution in [1.29, 1.82) is 0 Å². The van der Waals surface area contributed by atoms with E-state index in [1.807, 2.05) is 13.8 Å². The first-order chi connectivity index (χ1) is 7.84. The number of amides is 1. The van der Waals surface area contributed by atoms with Gasteiger partial charge in [0, 0.05) is 12.1 Å². The van der Waals surface area contributed by atoms with E-state index in [4.69, 9.17) is 22.1 Å². The molecule has 0 saturated carbocycles. The zero-order valence-corrected chi connectivity index (χ0v) is 11.0. The van der Waals surface area contributed by atoms with Crippen molar-refractivity contribution in [1.82, 2.24) is 0 Å². The molecule has 5 heteroatoms. The molecule has 0 aromatic heterocycles. The van der Waals surface area contributed by atoms with Crippen LogP contribution in [0.4, 0.5) is 11.4 Å². The monoisotopic (exact) mass is 256 g/mol. The van der Waals surface area contributed by atoms with Crippen LogP contribution in [0.1, 0.15) is 20.3 Å². The number of ether oxygens (including phenoxy) is 1. The minimum Gasteiger partial charge on any atom is -0.397 e. The van der Waals surface area contributed by atoms with E-state index >= 15 is 0 Å². The smallest absolute Gasteiger partial charge is 0.227 e. The second-order valence-electron chi connectivity index (χ2n) is 4.42. The van der Waals surface area contributed by atoms with Gasteiger partial charge in [0.1, 0.15) is 0 Å². The van der Waals surface area contributed by atoms with Crippen LogP contribution in [0.25, 0.3) is 0 Å². The fourth-order valence-electron chi connectivity index (χ4n) is 1.29. The number of carbonyl (C=O) groups excluding carboxylic acids is 1. The summed E-state index contributed by atoms with van der Waals surface area (Å²) in [5.74, 6) is -0.161. The second-order valence-corrected chi connectivity index (χ2v) is 4.86. The minimum absolute atomic E-state index is 0.161. The molecule has 0 aliphatic carbocycles. The summed E-state index contributed by atoms with van der Waals surface area (Å²) in [6, 6.07) is 4.94. The van der Waals surface area contributed by atoms with E-state index in [0.717, 1.165) is 0 Å². The maximum atomic E-state index is 11.8. The molecular weight excluding hydrogens is 240 g/mol. The Bertz CT molecular complexity index is 419. The fraction of sp³-hybridized carbons (Fsp3) is 0.417. The van der Waals surface area contributed by atoms with Crippen molar-refractivity contribution in [3.05, 3.63) is 23.2 Å². The van der Waals surface area contributed by atoms with Crippen molar-refractivity contribution in [3.63, 3.8) is 0 Å². The van der Waals surface area contributed by atoms with Crippen LogP contribution in [0.5, 0.6) is 0 Å². The van der Waals surface area contributed by atoms with Crippen molar-refractivity contribution in [2.75, 3.05) is 18.2 Å². The number of nitrogens with two attached hydrogens (primary N) is 1. The number of anilines is 2. The Morgan fingerprint density at radius 2 is 2.18 bits per heavy atom. The Kier molecular flexibility index (Phi) is 4.37. The number of methoxy groups -OCH3 is 1. The van der Waals surface area contributed by atoms with Crippen molar-refractivity contribution in [2.24, 2.45) is 0 Å². The SMILES string of the molecule is COC(C)(C)CC(=O)Nc1cc(Cl)ccc1N. The van der Waals surface area contributed by atoms with E-state index in [9.17, 15) is 4.79 Å². The fourth-order valence-corrected chi connectivity index (χ4v) is 1.46. The highest BCUT2D eigenvalue weighted by molar-refractivity contribution is 6.31. The summed E-state index contributed by atoms with van der Waals surface area (Å²) in [5, 5.41) is 3.24. The van der Waals surface area contributed by atoms with Gasteiger partial charge in [-0.3, -0.25) is 4.79 Å². The molecule has 0 spiro atoms. The number of benzene rings is 1. The maximum absolute atomic E-state index is 11.8. The minimum atomic E-state index is -0.503. The van der Waals surface area contributed by atoms with Gasteiger partial charge >= 0.3 is 0 Å². The molecule has 0 unspecified atom stereocenters. The topological polar surface area (TPSA) is 64.3 Å². The van der Waals surface area contributed by atoms with Crippen LogP contribution in [0, 0.1) is 0 Å². The molecule has 0 radical (unpaired) electrons. The van der Waals surface area contributed by atoms with Crippen LogP contribution in [0.3, 0.4) is 0 Å². The molecule has 0 aliphatic rings. The molecule has 1 aromatic rings. The van der Waals surface area contributed by atoms with Crippen LogP contribution in [0.15, 0.2) is 18.2 Å². The second kappa shape index (κ2) is 5.38. The summed E-state index contributed by atoms with van der Waals surface area (Å²) in [7, 11) is 1.57. The van der Waals surface area contributed by atoms with E-state index in [1.165, 1.54) is 0 Å². The van der Waals surface area contributed by atoms with Crippen molar-refractivity contribution in [3.8, 4) is 0 Å². The van der Waals surface area contributed by atoms with E-state index in [0.29, 0.717) is 16.4 Å². The molecule has 0 atom stereocenters. The van der Waals surface area contributed by atoms with E-state index in [-0.39, 0.29) is 12.3 Å².